The van der Waals surface area contributed by atoms with Crippen LogP contribution in [0.3, 0.4) is 0 Å². The van der Waals surface area contributed by atoms with Crippen LogP contribution in [0.5, 0.6) is 0 Å². The SMILES string of the molecule is CCOC(=O)c1ccc(N2C(=O)[C@@H]3[C@@H]4C=C[C@](CO)(O4)[C@@H]3C2=O)cc1. The van der Waals surface area contributed by atoms with Crippen LogP contribution in [0.15, 0.2) is 36.4 Å². The predicted octanol–water partition coefficient (Wildman–Crippen LogP) is 0.669. The van der Waals surface area contributed by atoms with E-state index in [1.54, 1.807) is 31.2 Å². The average molecular weight is 343 g/mol. The van der Waals surface area contributed by atoms with Gasteiger partial charge in [0.1, 0.15) is 5.60 Å². The third kappa shape index (κ3) is 2.09. The Morgan fingerprint density at radius 3 is 2.64 bits per heavy atom. The van der Waals surface area contributed by atoms with Crippen LogP contribution < -0.4 is 4.90 Å². The number of ether oxygens (including phenoxy) is 2. The van der Waals surface area contributed by atoms with Crippen molar-refractivity contribution in [2.24, 2.45) is 11.8 Å². The first kappa shape index (κ1) is 16.0. The van der Waals surface area contributed by atoms with Crippen molar-refractivity contribution >= 4 is 23.5 Å². The van der Waals surface area contributed by atoms with Gasteiger partial charge in [0.2, 0.25) is 11.8 Å². The molecule has 7 heteroatoms. The van der Waals surface area contributed by atoms with Gasteiger partial charge in [0.25, 0.3) is 0 Å². The van der Waals surface area contributed by atoms with Crippen molar-refractivity contribution in [2.45, 2.75) is 18.6 Å². The zero-order chi connectivity index (χ0) is 17.8. The van der Waals surface area contributed by atoms with E-state index in [0.717, 1.165) is 4.90 Å². The summed E-state index contributed by atoms with van der Waals surface area (Å²) in [7, 11) is 0. The molecule has 4 rings (SSSR count). The average Bonchev–Trinajstić information content (AvgIpc) is 3.26. The highest BCUT2D eigenvalue weighted by Gasteiger charge is 2.67. The molecule has 2 saturated heterocycles. The number of benzene rings is 1. The lowest BCUT2D eigenvalue weighted by atomic mass is 9.77. The molecule has 0 radical (unpaired) electrons. The molecule has 1 aromatic rings. The van der Waals surface area contributed by atoms with Gasteiger partial charge in [-0.15, -0.1) is 0 Å². The standard InChI is InChI=1S/C18H17NO6/c1-2-24-17(23)10-3-5-11(6-4-10)19-15(21)13-12-7-8-18(9-20,25-12)14(13)16(19)22/h3-8,12-14,20H,2,9H2,1H3/t12-,13+,14-,18+/m0/s1. The Kier molecular flexibility index (Phi) is 3.52. The molecule has 2 amide bonds. The highest BCUT2D eigenvalue weighted by atomic mass is 16.5. The van der Waals surface area contributed by atoms with Crippen molar-refractivity contribution in [3.63, 3.8) is 0 Å². The number of carbonyl (C=O) groups excluding carboxylic acids is 3. The van der Waals surface area contributed by atoms with Gasteiger partial charge in [-0.2, -0.15) is 0 Å². The summed E-state index contributed by atoms with van der Waals surface area (Å²) in [5.74, 6) is -2.53. The molecule has 25 heavy (non-hydrogen) atoms. The number of rotatable bonds is 4. The second-order valence-electron chi connectivity index (χ2n) is 6.34. The molecule has 4 atom stereocenters. The summed E-state index contributed by atoms with van der Waals surface area (Å²) in [6, 6.07) is 6.14. The van der Waals surface area contributed by atoms with Crippen LogP contribution >= 0.6 is 0 Å². The number of aliphatic hydroxyl groups is 1. The van der Waals surface area contributed by atoms with Gasteiger partial charge >= 0.3 is 5.97 Å². The lowest BCUT2D eigenvalue weighted by Gasteiger charge is -2.26. The minimum atomic E-state index is -1.11. The van der Waals surface area contributed by atoms with Gasteiger partial charge in [-0.05, 0) is 31.2 Å². The number of nitrogens with zero attached hydrogens (tertiary/aromatic N) is 1. The second-order valence-corrected chi connectivity index (χ2v) is 6.34. The van der Waals surface area contributed by atoms with E-state index in [-0.39, 0.29) is 25.0 Å². The van der Waals surface area contributed by atoms with E-state index < -0.39 is 29.5 Å². The zero-order valence-electron chi connectivity index (χ0n) is 13.5. The van der Waals surface area contributed by atoms with E-state index in [4.69, 9.17) is 9.47 Å². The highest BCUT2D eigenvalue weighted by molar-refractivity contribution is 6.23. The minimum absolute atomic E-state index is 0.269. The van der Waals surface area contributed by atoms with E-state index in [1.807, 2.05) is 0 Å². The van der Waals surface area contributed by atoms with Crippen molar-refractivity contribution in [2.75, 3.05) is 18.1 Å². The van der Waals surface area contributed by atoms with E-state index in [9.17, 15) is 19.5 Å². The van der Waals surface area contributed by atoms with Crippen LogP contribution in [0, 0.1) is 11.8 Å². The molecule has 1 N–H and O–H groups in total. The quantitative estimate of drug-likeness (QED) is 0.491. The van der Waals surface area contributed by atoms with E-state index in [1.165, 1.54) is 12.1 Å². The van der Waals surface area contributed by atoms with Gasteiger partial charge < -0.3 is 14.6 Å². The van der Waals surface area contributed by atoms with Gasteiger partial charge in [-0.25, -0.2) is 9.69 Å². The maximum Gasteiger partial charge on any atom is 0.338 e. The molecular weight excluding hydrogens is 326 g/mol. The topological polar surface area (TPSA) is 93.1 Å². The monoisotopic (exact) mass is 343 g/mol. The number of imide groups is 1. The number of hydrogen-bond acceptors (Lipinski definition) is 6. The van der Waals surface area contributed by atoms with E-state index >= 15 is 0 Å². The molecular formula is C18H17NO6. The Morgan fingerprint density at radius 2 is 2.00 bits per heavy atom. The fourth-order valence-electron chi connectivity index (χ4n) is 3.90. The normalized spacial score (nSPS) is 32.4. The second kappa shape index (κ2) is 5.50. The fourth-order valence-corrected chi connectivity index (χ4v) is 3.90. The Bertz CT molecular complexity index is 785. The molecule has 7 nitrogen and oxygen atoms in total. The molecule has 0 aliphatic carbocycles. The predicted molar refractivity (Wildman–Crippen MR) is 85.7 cm³/mol. The third-order valence-electron chi connectivity index (χ3n) is 5.04. The van der Waals surface area contributed by atoms with Crippen molar-refractivity contribution < 1.29 is 29.0 Å². The van der Waals surface area contributed by atoms with Crippen LogP contribution in [0.4, 0.5) is 5.69 Å². The third-order valence-corrected chi connectivity index (χ3v) is 5.04. The number of amides is 2. The van der Waals surface area contributed by atoms with Crippen LogP contribution in [0.25, 0.3) is 0 Å². The van der Waals surface area contributed by atoms with Gasteiger partial charge in [-0.3, -0.25) is 9.59 Å². The fraction of sp³-hybridized carbons (Fsp3) is 0.389. The summed E-state index contributed by atoms with van der Waals surface area (Å²) >= 11 is 0. The van der Waals surface area contributed by atoms with Gasteiger partial charge in [0, 0.05) is 0 Å². The Balaban J connectivity index is 1.64. The van der Waals surface area contributed by atoms with Crippen LogP contribution in [0.1, 0.15) is 17.3 Å². The first-order valence-corrected chi connectivity index (χ1v) is 8.15. The molecule has 130 valence electrons. The summed E-state index contributed by atoms with van der Waals surface area (Å²) in [6.45, 7) is 1.63. The van der Waals surface area contributed by atoms with Crippen molar-refractivity contribution in [3.8, 4) is 0 Å². The van der Waals surface area contributed by atoms with E-state index in [2.05, 4.69) is 0 Å². The summed E-state index contributed by atoms with van der Waals surface area (Å²) in [5.41, 5.74) is -0.367. The smallest absolute Gasteiger partial charge is 0.338 e. The van der Waals surface area contributed by atoms with Gasteiger partial charge in [-0.1, -0.05) is 12.2 Å². The minimum Gasteiger partial charge on any atom is -0.462 e. The van der Waals surface area contributed by atoms with Crippen molar-refractivity contribution in [1.82, 2.24) is 0 Å². The molecule has 0 unspecified atom stereocenters. The van der Waals surface area contributed by atoms with Gasteiger partial charge in [0.05, 0.1) is 42.4 Å². The summed E-state index contributed by atoms with van der Waals surface area (Å²) in [6.07, 6.45) is 2.92. The molecule has 1 aromatic carbocycles. The van der Waals surface area contributed by atoms with Crippen molar-refractivity contribution in [1.29, 1.82) is 0 Å². The maximum absolute atomic E-state index is 12.9. The lowest BCUT2D eigenvalue weighted by Crippen LogP contribution is -2.43. The van der Waals surface area contributed by atoms with Crippen LogP contribution in [-0.4, -0.2) is 47.8 Å². The number of anilines is 1. The summed E-state index contributed by atoms with van der Waals surface area (Å²) in [4.78, 5) is 38.5. The Morgan fingerprint density at radius 1 is 1.28 bits per heavy atom. The number of carbonyl (C=O) groups is 3. The van der Waals surface area contributed by atoms with E-state index in [0.29, 0.717) is 11.3 Å². The molecule has 2 bridgehead atoms. The number of fused-ring (bicyclic) bond motifs is 5. The zero-order valence-corrected chi connectivity index (χ0v) is 13.5. The highest BCUT2D eigenvalue weighted by Crippen LogP contribution is 2.52. The largest absolute Gasteiger partial charge is 0.462 e. The molecule has 2 fully saturated rings. The number of esters is 1. The van der Waals surface area contributed by atoms with Crippen molar-refractivity contribution in [3.05, 3.63) is 42.0 Å². The number of hydrogen-bond donors (Lipinski definition) is 1. The Hall–Kier alpha value is -2.51. The summed E-state index contributed by atoms with van der Waals surface area (Å²) in [5, 5.41) is 9.69. The lowest BCUT2D eigenvalue weighted by molar-refractivity contribution is -0.128. The van der Waals surface area contributed by atoms with Crippen LogP contribution in [-0.2, 0) is 19.1 Å². The maximum atomic E-state index is 12.9. The molecule has 0 spiro atoms. The first-order valence-electron chi connectivity index (χ1n) is 8.15. The molecule has 0 saturated carbocycles. The molecule has 0 aromatic heterocycles. The summed E-state index contributed by atoms with van der Waals surface area (Å²) < 4.78 is 10.6. The molecule has 3 aliphatic rings. The number of aliphatic hydroxyl groups excluding tert-OH is 1. The van der Waals surface area contributed by atoms with Crippen LogP contribution in [0.2, 0.25) is 0 Å². The first-order chi connectivity index (χ1) is 12.0. The Labute approximate surface area is 143 Å². The molecule has 3 aliphatic heterocycles. The molecule has 3 heterocycles. The van der Waals surface area contributed by atoms with Gasteiger partial charge in [0.15, 0.2) is 0 Å².